The zero-order chi connectivity index (χ0) is 13.1. The van der Waals surface area contributed by atoms with Crippen molar-refractivity contribution < 1.29 is 9.50 Å². The van der Waals surface area contributed by atoms with Crippen LogP contribution < -0.4 is 5.73 Å². The fourth-order valence-corrected chi connectivity index (χ4v) is 3.02. The third-order valence-corrected chi connectivity index (χ3v) is 4.15. The summed E-state index contributed by atoms with van der Waals surface area (Å²) >= 11 is 5.98. The maximum Gasteiger partial charge on any atom is 0.124 e. The van der Waals surface area contributed by atoms with Crippen LogP contribution in [-0.4, -0.2) is 11.2 Å². The van der Waals surface area contributed by atoms with Crippen LogP contribution >= 0.6 is 24.0 Å². The molecule has 2 atom stereocenters. The molecular weight excluding hydrogens is 288 g/mol. The van der Waals surface area contributed by atoms with Gasteiger partial charge in [0.15, 0.2) is 0 Å². The summed E-state index contributed by atoms with van der Waals surface area (Å²) in [7, 11) is 0. The number of nitrogens with two attached hydrogens (primary N) is 1. The maximum atomic E-state index is 13.0. The van der Waals surface area contributed by atoms with E-state index in [1.165, 1.54) is 18.6 Å². The van der Waals surface area contributed by atoms with E-state index in [0.29, 0.717) is 5.56 Å². The number of hydrogen-bond donors (Lipinski definition) is 2. The summed E-state index contributed by atoms with van der Waals surface area (Å²) in [6, 6.07) is 3.59. The Morgan fingerprint density at radius 3 is 2.47 bits per heavy atom. The zero-order valence-electron chi connectivity index (χ0n) is 10.7. The Bertz CT molecular complexity index is 410. The highest BCUT2D eigenvalue weighted by molar-refractivity contribution is 6.31. The molecule has 1 aliphatic rings. The van der Waals surface area contributed by atoms with Crippen LogP contribution in [-0.2, 0) is 0 Å². The quantitative estimate of drug-likeness (QED) is 0.891. The molecule has 0 spiro atoms. The Hall–Kier alpha value is -0.350. The maximum absolute atomic E-state index is 13.0. The molecule has 0 unspecified atom stereocenters. The van der Waals surface area contributed by atoms with E-state index in [1.54, 1.807) is 6.07 Å². The summed E-state index contributed by atoms with van der Waals surface area (Å²) in [6.07, 6.45) is 4.93. The molecule has 0 heterocycles. The minimum Gasteiger partial charge on any atom is -0.391 e. The monoisotopic (exact) mass is 307 g/mol. The molecule has 2 nitrogen and oxygen atoms in total. The summed E-state index contributed by atoms with van der Waals surface area (Å²) in [5.74, 6) is -0.155. The summed E-state index contributed by atoms with van der Waals surface area (Å²) in [5, 5.41) is 10.6. The Labute approximate surface area is 124 Å². The van der Waals surface area contributed by atoms with E-state index in [1.807, 2.05) is 0 Å². The minimum atomic E-state index is -0.603. The number of aliphatic hydroxyl groups excluding tert-OH is 1. The van der Waals surface area contributed by atoms with E-state index in [-0.39, 0.29) is 29.2 Å². The largest absolute Gasteiger partial charge is 0.391 e. The van der Waals surface area contributed by atoms with Crippen molar-refractivity contribution in [1.82, 2.24) is 0 Å². The van der Waals surface area contributed by atoms with E-state index in [0.717, 1.165) is 25.7 Å². The molecule has 19 heavy (non-hydrogen) atoms. The topological polar surface area (TPSA) is 46.2 Å². The van der Waals surface area contributed by atoms with E-state index < -0.39 is 12.1 Å². The van der Waals surface area contributed by atoms with Gasteiger partial charge in [0.05, 0.1) is 12.1 Å². The molecule has 0 saturated heterocycles. The summed E-state index contributed by atoms with van der Waals surface area (Å²) in [5.41, 5.74) is 6.68. The molecular formula is C14H20Cl2FNO. The fourth-order valence-electron chi connectivity index (χ4n) is 2.72. The van der Waals surface area contributed by atoms with Crippen LogP contribution in [0.15, 0.2) is 18.2 Å². The Morgan fingerprint density at radius 1 is 1.26 bits per heavy atom. The Balaban J connectivity index is 0.00000180. The molecule has 2 rings (SSSR count). The number of benzene rings is 1. The highest BCUT2D eigenvalue weighted by Gasteiger charge is 2.28. The number of aliphatic hydroxyl groups is 1. The van der Waals surface area contributed by atoms with Crippen molar-refractivity contribution in [1.29, 1.82) is 0 Å². The summed E-state index contributed by atoms with van der Waals surface area (Å²) in [4.78, 5) is 0. The third-order valence-electron chi connectivity index (χ3n) is 3.82. The number of hydrogen-bond acceptors (Lipinski definition) is 2. The van der Waals surface area contributed by atoms with Gasteiger partial charge in [-0.15, -0.1) is 12.4 Å². The predicted molar refractivity (Wildman–Crippen MR) is 78.2 cm³/mol. The molecule has 1 fully saturated rings. The molecule has 5 heteroatoms. The van der Waals surface area contributed by atoms with Gasteiger partial charge in [-0.3, -0.25) is 0 Å². The van der Waals surface area contributed by atoms with E-state index in [2.05, 4.69) is 0 Å². The van der Waals surface area contributed by atoms with Crippen molar-refractivity contribution >= 4 is 24.0 Å². The molecule has 0 radical (unpaired) electrons. The van der Waals surface area contributed by atoms with Crippen LogP contribution in [0.2, 0.25) is 5.02 Å². The second-order valence-corrected chi connectivity index (χ2v) is 5.49. The van der Waals surface area contributed by atoms with Crippen molar-refractivity contribution in [3.63, 3.8) is 0 Å². The highest BCUT2D eigenvalue weighted by atomic mass is 35.5. The lowest BCUT2D eigenvalue weighted by Gasteiger charge is -2.30. The Kier molecular flexibility index (Phi) is 6.54. The minimum absolute atomic E-state index is 0. The lowest BCUT2D eigenvalue weighted by Crippen LogP contribution is -2.34. The first kappa shape index (κ1) is 16.7. The van der Waals surface area contributed by atoms with Gasteiger partial charge in [0.2, 0.25) is 0 Å². The van der Waals surface area contributed by atoms with Crippen LogP contribution in [0.3, 0.4) is 0 Å². The second kappa shape index (κ2) is 7.44. The van der Waals surface area contributed by atoms with Crippen LogP contribution in [0, 0.1) is 11.7 Å². The summed E-state index contributed by atoms with van der Waals surface area (Å²) in [6.45, 7) is 0. The normalized spacial score (nSPS) is 19.6. The van der Waals surface area contributed by atoms with Crippen molar-refractivity contribution in [3.8, 4) is 0 Å². The van der Waals surface area contributed by atoms with E-state index >= 15 is 0 Å². The van der Waals surface area contributed by atoms with Crippen LogP contribution in [0.1, 0.15) is 43.7 Å². The average molecular weight is 308 g/mol. The highest BCUT2D eigenvalue weighted by Crippen LogP contribution is 2.33. The van der Waals surface area contributed by atoms with Crippen molar-refractivity contribution in [2.45, 2.75) is 44.2 Å². The second-order valence-electron chi connectivity index (χ2n) is 5.08. The van der Waals surface area contributed by atoms with Gasteiger partial charge in [-0.2, -0.15) is 0 Å². The zero-order valence-corrected chi connectivity index (χ0v) is 12.3. The van der Waals surface area contributed by atoms with Gasteiger partial charge >= 0.3 is 0 Å². The van der Waals surface area contributed by atoms with E-state index in [9.17, 15) is 9.50 Å². The van der Waals surface area contributed by atoms with Gasteiger partial charge < -0.3 is 10.8 Å². The van der Waals surface area contributed by atoms with Gasteiger partial charge in [-0.1, -0.05) is 36.9 Å². The van der Waals surface area contributed by atoms with Gasteiger partial charge in [0, 0.05) is 5.02 Å². The number of rotatable bonds is 3. The smallest absolute Gasteiger partial charge is 0.124 e. The van der Waals surface area contributed by atoms with Crippen LogP contribution in [0.4, 0.5) is 4.39 Å². The predicted octanol–water partition coefficient (Wildman–Crippen LogP) is 3.84. The molecule has 1 aromatic carbocycles. The van der Waals surface area contributed by atoms with Crippen molar-refractivity contribution in [2.75, 3.05) is 0 Å². The molecule has 3 N–H and O–H groups in total. The Morgan fingerprint density at radius 2 is 1.89 bits per heavy atom. The SMILES string of the molecule is Cl.N[C@H](c1ccc(F)cc1Cl)[C@@H](O)C1CCCCC1. The van der Waals surface area contributed by atoms with Gasteiger partial charge in [0.1, 0.15) is 5.82 Å². The molecule has 1 aromatic rings. The molecule has 1 saturated carbocycles. The third kappa shape index (κ3) is 4.06. The van der Waals surface area contributed by atoms with Crippen LogP contribution in [0.25, 0.3) is 0 Å². The molecule has 0 bridgehead atoms. The first-order valence-electron chi connectivity index (χ1n) is 6.48. The fraction of sp³-hybridized carbons (Fsp3) is 0.571. The average Bonchev–Trinajstić information content (AvgIpc) is 2.38. The van der Waals surface area contributed by atoms with E-state index in [4.69, 9.17) is 17.3 Å². The number of halogens is 3. The molecule has 0 aliphatic heterocycles. The summed E-state index contributed by atoms with van der Waals surface area (Å²) < 4.78 is 13.0. The van der Waals surface area contributed by atoms with Crippen molar-refractivity contribution in [3.05, 3.63) is 34.6 Å². The van der Waals surface area contributed by atoms with Gasteiger partial charge in [0.25, 0.3) is 0 Å². The van der Waals surface area contributed by atoms with Gasteiger partial charge in [-0.05, 0) is 36.5 Å². The lowest BCUT2D eigenvalue weighted by molar-refractivity contribution is 0.0618. The molecule has 1 aliphatic carbocycles. The standard InChI is InChI=1S/C14H19ClFNO.ClH/c15-12-8-10(16)6-7-11(12)13(17)14(18)9-4-2-1-3-5-9;/h6-9,13-14,18H,1-5,17H2;1H/t13-,14+;/m1./s1. The lowest BCUT2D eigenvalue weighted by atomic mass is 9.81. The van der Waals surface area contributed by atoms with Crippen LogP contribution in [0.5, 0.6) is 0 Å². The molecule has 0 amide bonds. The molecule has 0 aromatic heterocycles. The van der Waals surface area contributed by atoms with Crippen molar-refractivity contribution in [2.24, 2.45) is 11.7 Å². The first-order chi connectivity index (χ1) is 8.59. The molecule has 108 valence electrons. The van der Waals surface area contributed by atoms with Gasteiger partial charge in [-0.25, -0.2) is 4.39 Å². The first-order valence-corrected chi connectivity index (χ1v) is 6.86.